The molecule has 2 aliphatic carbocycles. The number of benzene rings is 5. The monoisotopic (exact) mass is 807 g/mol. The number of fused-ring (bicyclic) bond motifs is 2. The SMILES string of the molecule is CC(C)c1ccc(-c2nc3c(n2C2=CC=C(c4nc(-c5ccccc5)nc(-c5ccc(-n6c(-c7ccc(C(C)C)cc7)nc7ccccc76)cc5)n4)CC2)C/C=C\C=C/C3)cc1. The molecule has 62 heavy (non-hydrogen) atoms. The molecule has 5 aromatic carbocycles. The summed E-state index contributed by atoms with van der Waals surface area (Å²) in [5.41, 5.74) is 14.4. The van der Waals surface area contributed by atoms with E-state index >= 15 is 0 Å². The van der Waals surface area contributed by atoms with E-state index in [0.29, 0.717) is 29.3 Å². The van der Waals surface area contributed by atoms with Crippen molar-refractivity contribution in [3.05, 3.63) is 192 Å². The van der Waals surface area contributed by atoms with E-state index in [0.717, 1.165) is 87.6 Å². The van der Waals surface area contributed by atoms with Gasteiger partial charge in [0.2, 0.25) is 0 Å². The van der Waals surface area contributed by atoms with E-state index in [1.165, 1.54) is 22.5 Å². The van der Waals surface area contributed by atoms with Crippen molar-refractivity contribution >= 4 is 22.3 Å². The van der Waals surface area contributed by atoms with Crippen LogP contribution in [-0.4, -0.2) is 34.1 Å². The van der Waals surface area contributed by atoms with Gasteiger partial charge in [0.25, 0.3) is 0 Å². The van der Waals surface area contributed by atoms with Gasteiger partial charge in [-0.15, -0.1) is 0 Å². The number of imidazole rings is 2. The summed E-state index contributed by atoms with van der Waals surface area (Å²) >= 11 is 0. The molecule has 0 saturated heterocycles. The predicted molar refractivity (Wildman–Crippen MR) is 254 cm³/mol. The Bertz CT molecular complexity index is 3030. The fourth-order valence-electron chi connectivity index (χ4n) is 8.53. The molecule has 0 N–H and O–H groups in total. The summed E-state index contributed by atoms with van der Waals surface area (Å²) in [5.74, 6) is 4.82. The van der Waals surface area contributed by atoms with Gasteiger partial charge < -0.3 is 0 Å². The minimum atomic E-state index is 0.460. The largest absolute Gasteiger partial charge is 0.300 e. The summed E-state index contributed by atoms with van der Waals surface area (Å²) in [5, 5.41) is 0. The zero-order chi connectivity index (χ0) is 42.2. The van der Waals surface area contributed by atoms with Crippen molar-refractivity contribution in [2.45, 2.75) is 65.2 Å². The molecule has 0 unspecified atom stereocenters. The van der Waals surface area contributed by atoms with Crippen molar-refractivity contribution in [1.29, 1.82) is 0 Å². The van der Waals surface area contributed by atoms with Gasteiger partial charge in [0.15, 0.2) is 17.5 Å². The molecule has 7 nitrogen and oxygen atoms in total. The molecule has 10 rings (SSSR count). The maximum Gasteiger partial charge on any atom is 0.164 e. The van der Waals surface area contributed by atoms with E-state index in [-0.39, 0.29) is 0 Å². The Morgan fingerprint density at radius 1 is 0.468 bits per heavy atom. The Morgan fingerprint density at radius 3 is 1.66 bits per heavy atom. The molecule has 0 fully saturated rings. The quantitative estimate of drug-likeness (QED) is 0.145. The first-order valence-corrected chi connectivity index (χ1v) is 21.8. The van der Waals surface area contributed by atoms with Crippen LogP contribution in [0, 0.1) is 0 Å². The Labute approximate surface area is 363 Å². The second-order valence-electron chi connectivity index (χ2n) is 16.8. The molecule has 0 radical (unpaired) electrons. The molecule has 0 aliphatic heterocycles. The van der Waals surface area contributed by atoms with Crippen LogP contribution >= 0.6 is 0 Å². The van der Waals surface area contributed by atoms with Gasteiger partial charge in [0, 0.05) is 46.5 Å². The van der Waals surface area contributed by atoms with Crippen molar-refractivity contribution in [3.63, 3.8) is 0 Å². The number of rotatable bonds is 9. The first-order valence-electron chi connectivity index (χ1n) is 21.8. The first kappa shape index (κ1) is 38.9. The molecule has 0 bridgehead atoms. The highest BCUT2D eigenvalue weighted by molar-refractivity contribution is 5.83. The van der Waals surface area contributed by atoms with Crippen LogP contribution in [0.1, 0.15) is 80.7 Å². The van der Waals surface area contributed by atoms with Crippen molar-refractivity contribution in [2.75, 3.05) is 0 Å². The van der Waals surface area contributed by atoms with E-state index in [2.05, 4.69) is 176 Å². The predicted octanol–water partition coefficient (Wildman–Crippen LogP) is 13.3. The second-order valence-corrected chi connectivity index (χ2v) is 16.8. The van der Waals surface area contributed by atoms with Crippen molar-refractivity contribution in [1.82, 2.24) is 34.1 Å². The average molecular weight is 808 g/mol. The zero-order valence-corrected chi connectivity index (χ0v) is 35.7. The number of allylic oxidation sites excluding steroid dienone is 8. The van der Waals surface area contributed by atoms with Crippen LogP contribution < -0.4 is 0 Å². The van der Waals surface area contributed by atoms with Gasteiger partial charge in [0.05, 0.1) is 22.4 Å². The summed E-state index contributed by atoms with van der Waals surface area (Å²) in [4.78, 5) is 25.8. The van der Waals surface area contributed by atoms with E-state index in [9.17, 15) is 0 Å². The van der Waals surface area contributed by atoms with Crippen LogP contribution in [-0.2, 0) is 12.8 Å². The summed E-state index contributed by atoms with van der Waals surface area (Å²) in [6, 6.07) is 44.7. The number of hydrogen-bond donors (Lipinski definition) is 0. The third-order valence-corrected chi connectivity index (χ3v) is 12.0. The second kappa shape index (κ2) is 16.7. The topological polar surface area (TPSA) is 74.3 Å². The number of aromatic nitrogens is 7. The highest BCUT2D eigenvalue weighted by atomic mass is 15.1. The third-order valence-electron chi connectivity index (χ3n) is 12.0. The minimum absolute atomic E-state index is 0.460. The molecule has 304 valence electrons. The molecule has 0 amide bonds. The molecule has 3 heterocycles. The molecule has 0 atom stereocenters. The van der Waals surface area contributed by atoms with Gasteiger partial charge in [-0.1, -0.05) is 149 Å². The van der Waals surface area contributed by atoms with Gasteiger partial charge >= 0.3 is 0 Å². The van der Waals surface area contributed by atoms with Gasteiger partial charge in [-0.2, -0.15) is 0 Å². The Morgan fingerprint density at radius 2 is 1.03 bits per heavy atom. The minimum Gasteiger partial charge on any atom is -0.300 e. The molecular formula is C55H49N7. The van der Waals surface area contributed by atoms with E-state index in [1.807, 2.05) is 24.3 Å². The lowest BCUT2D eigenvalue weighted by atomic mass is 10.00. The van der Waals surface area contributed by atoms with Gasteiger partial charge in [0.1, 0.15) is 11.6 Å². The fraction of sp³-hybridized carbons (Fsp3) is 0.182. The summed E-state index contributed by atoms with van der Waals surface area (Å²) in [7, 11) is 0. The van der Waals surface area contributed by atoms with Crippen molar-refractivity contribution < 1.29 is 0 Å². The summed E-state index contributed by atoms with van der Waals surface area (Å²) in [6.45, 7) is 8.91. The lowest BCUT2D eigenvalue weighted by Crippen LogP contribution is -2.09. The van der Waals surface area contributed by atoms with Crippen LogP contribution in [0.25, 0.3) is 73.5 Å². The van der Waals surface area contributed by atoms with Crippen LogP contribution in [0.4, 0.5) is 0 Å². The molecule has 2 aliphatic rings. The number of nitrogens with zero attached hydrogens (tertiary/aromatic N) is 7. The maximum atomic E-state index is 5.28. The Balaban J connectivity index is 1.03. The highest BCUT2D eigenvalue weighted by Gasteiger charge is 2.24. The van der Waals surface area contributed by atoms with Crippen molar-refractivity contribution in [3.8, 4) is 51.2 Å². The maximum absolute atomic E-state index is 5.28. The summed E-state index contributed by atoms with van der Waals surface area (Å²) in [6.07, 6.45) is 16.4. The third kappa shape index (κ3) is 7.55. The number of para-hydroxylation sites is 2. The van der Waals surface area contributed by atoms with Crippen LogP contribution in [0.15, 0.2) is 164 Å². The van der Waals surface area contributed by atoms with Crippen LogP contribution in [0.3, 0.4) is 0 Å². The zero-order valence-electron chi connectivity index (χ0n) is 35.7. The normalized spacial score (nSPS) is 14.9. The van der Waals surface area contributed by atoms with Crippen LogP contribution in [0.2, 0.25) is 0 Å². The standard InChI is InChI=1S/C55H49N7/c1-36(2)38-20-24-43(25-21-38)54-56-47-16-10-5-6-11-18-49(47)61(54)45-32-28-41(29-33-45)52-58-51(40-14-8-7-9-15-40)59-53(60-52)42-30-34-46(35-31-42)62-50-19-13-12-17-48(50)57-55(62)44-26-22-39(23-27-44)37(3)4/h5-15,17,19-28,30-32,34-37H,16,18,29,33H2,1-4H3/b10-5-,11-6-. The van der Waals surface area contributed by atoms with E-state index in [4.69, 9.17) is 24.9 Å². The van der Waals surface area contributed by atoms with E-state index < -0.39 is 0 Å². The van der Waals surface area contributed by atoms with E-state index in [1.54, 1.807) is 0 Å². The fourth-order valence-corrected chi connectivity index (χ4v) is 8.53. The summed E-state index contributed by atoms with van der Waals surface area (Å²) < 4.78 is 4.65. The molecule has 0 saturated carbocycles. The smallest absolute Gasteiger partial charge is 0.164 e. The molecular weight excluding hydrogens is 759 g/mol. The Hall–Kier alpha value is -7.25. The van der Waals surface area contributed by atoms with Gasteiger partial charge in [-0.3, -0.25) is 9.13 Å². The molecule has 0 spiro atoms. The van der Waals surface area contributed by atoms with Crippen molar-refractivity contribution in [2.24, 2.45) is 0 Å². The average Bonchev–Trinajstić information content (AvgIpc) is 3.87. The lowest BCUT2D eigenvalue weighted by Gasteiger charge is -2.20. The van der Waals surface area contributed by atoms with Crippen LogP contribution in [0.5, 0.6) is 0 Å². The molecule has 3 aromatic heterocycles. The first-order chi connectivity index (χ1) is 30.4. The Kier molecular flexibility index (Phi) is 10.5. The highest BCUT2D eigenvalue weighted by Crippen LogP contribution is 2.36. The van der Waals surface area contributed by atoms with Gasteiger partial charge in [-0.05, 0) is 83.9 Å². The molecule has 7 heteroatoms. The lowest BCUT2D eigenvalue weighted by molar-refractivity contribution is 0.866. The molecule has 8 aromatic rings. The number of hydrogen-bond acceptors (Lipinski definition) is 5. The van der Waals surface area contributed by atoms with Gasteiger partial charge in [-0.25, -0.2) is 24.9 Å².